The van der Waals surface area contributed by atoms with Gasteiger partial charge in [-0.25, -0.2) is 13.1 Å². The highest BCUT2D eigenvalue weighted by atomic mass is 32.2. The fourth-order valence-electron chi connectivity index (χ4n) is 2.84. The molecule has 3 rings (SSSR count). The standard InChI is InChI=1S/C20H22N2O3S/c1-15-13-18-14-17(7-8-19(18)22-20(15)23)9-11-21-26(24,25)12-10-16-5-3-2-4-6-16/h2-8,13-14,21H,9-12H2,1H3,(H,22,23). The van der Waals surface area contributed by atoms with Gasteiger partial charge in [0.15, 0.2) is 0 Å². The molecule has 2 N–H and O–H groups in total. The Kier molecular flexibility index (Phi) is 5.54. The number of benzene rings is 2. The molecule has 0 fully saturated rings. The molecule has 1 aromatic heterocycles. The number of fused-ring (bicyclic) bond motifs is 1. The van der Waals surface area contributed by atoms with E-state index in [-0.39, 0.29) is 11.3 Å². The summed E-state index contributed by atoms with van der Waals surface area (Å²) in [7, 11) is -3.30. The summed E-state index contributed by atoms with van der Waals surface area (Å²) < 4.78 is 26.9. The van der Waals surface area contributed by atoms with Crippen molar-refractivity contribution in [3.63, 3.8) is 0 Å². The zero-order valence-electron chi connectivity index (χ0n) is 14.7. The van der Waals surface area contributed by atoms with E-state index in [1.807, 2.05) is 54.6 Å². The summed E-state index contributed by atoms with van der Waals surface area (Å²) in [5.41, 5.74) is 3.40. The van der Waals surface area contributed by atoms with Crippen LogP contribution >= 0.6 is 0 Å². The maximum absolute atomic E-state index is 12.1. The van der Waals surface area contributed by atoms with Crippen LogP contribution in [-0.4, -0.2) is 25.7 Å². The molecule has 2 aromatic carbocycles. The van der Waals surface area contributed by atoms with Crippen molar-refractivity contribution in [2.75, 3.05) is 12.3 Å². The molecule has 0 aliphatic carbocycles. The number of hydrogen-bond acceptors (Lipinski definition) is 3. The van der Waals surface area contributed by atoms with Gasteiger partial charge in [-0.05, 0) is 54.5 Å². The van der Waals surface area contributed by atoms with Crippen LogP contribution in [0.15, 0.2) is 59.4 Å². The Morgan fingerprint density at radius 1 is 0.962 bits per heavy atom. The molecule has 0 unspecified atom stereocenters. The highest BCUT2D eigenvalue weighted by Crippen LogP contribution is 2.14. The molecule has 5 nitrogen and oxygen atoms in total. The van der Waals surface area contributed by atoms with Gasteiger partial charge in [0, 0.05) is 17.6 Å². The fourth-order valence-corrected chi connectivity index (χ4v) is 3.90. The number of aryl methyl sites for hydroxylation is 2. The molecule has 0 bridgehead atoms. The van der Waals surface area contributed by atoms with Crippen LogP contribution in [0, 0.1) is 6.92 Å². The number of pyridine rings is 1. The first-order chi connectivity index (χ1) is 12.4. The summed E-state index contributed by atoms with van der Waals surface area (Å²) >= 11 is 0. The molecule has 0 aliphatic rings. The summed E-state index contributed by atoms with van der Waals surface area (Å²) in [4.78, 5) is 14.5. The van der Waals surface area contributed by atoms with Crippen molar-refractivity contribution in [2.45, 2.75) is 19.8 Å². The molecule has 0 radical (unpaired) electrons. The minimum Gasteiger partial charge on any atom is -0.322 e. The van der Waals surface area contributed by atoms with Gasteiger partial charge in [0.05, 0.1) is 5.75 Å². The van der Waals surface area contributed by atoms with Crippen molar-refractivity contribution in [1.29, 1.82) is 0 Å². The van der Waals surface area contributed by atoms with Crippen LogP contribution in [0.3, 0.4) is 0 Å². The van der Waals surface area contributed by atoms with Gasteiger partial charge in [0.25, 0.3) is 5.56 Å². The normalized spacial score (nSPS) is 11.7. The summed E-state index contributed by atoms with van der Waals surface area (Å²) in [6.45, 7) is 2.12. The lowest BCUT2D eigenvalue weighted by Crippen LogP contribution is -2.29. The van der Waals surface area contributed by atoms with Crippen LogP contribution in [-0.2, 0) is 22.9 Å². The number of aromatic amines is 1. The molecule has 26 heavy (non-hydrogen) atoms. The number of sulfonamides is 1. The molecular formula is C20H22N2O3S. The van der Waals surface area contributed by atoms with Gasteiger partial charge in [-0.1, -0.05) is 36.4 Å². The Hall–Kier alpha value is -2.44. The van der Waals surface area contributed by atoms with Crippen molar-refractivity contribution in [2.24, 2.45) is 0 Å². The first-order valence-electron chi connectivity index (χ1n) is 8.57. The number of H-pyrrole nitrogens is 1. The number of nitrogens with one attached hydrogen (secondary N) is 2. The first kappa shape index (κ1) is 18.4. The van der Waals surface area contributed by atoms with Crippen LogP contribution < -0.4 is 10.3 Å². The average Bonchev–Trinajstić information content (AvgIpc) is 2.62. The second-order valence-electron chi connectivity index (χ2n) is 6.40. The molecule has 0 atom stereocenters. The quantitative estimate of drug-likeness (QED) is 0.671. The van der Waals surface area contributed by atoms with Crippen molar-refractivity contribution >= 4 is 20.9 Å². The molecule has 6 heteroatoms. The van der Waals surface area contributed by atoms with Crippen LogP contribution in [0.25, 0.3) is 10.9 Å². The zero-order chi connectivity index (χ0) is 18.6. The largest absolute Gasteiger partial charge is 0.322 e. The van der Waals surface area contributed by atoms with Gasteiger partial charge in [0.1, 0.15) is 0 Å². The van der Waals surface area contributed by atoms with E-state index in [0.29, 0.717) is 24.9 Å². The Bertz CT molecular complexity index is 1060. The smallest absolute Gasteiger partial charge is 0.251 e. The van der Waals surface area contributed by atoms with Crippen molar-refractivity contribution in [1.82, 2.24) is 9.71 Å². The molecule has 3 aromatic rings. The lowest BCUT2D eigenvalue weighted by atomic mass is 10.1. The Morgan fingerprint density at radius 2 is 1.73 bits per heavy atom. The van der Waals surface area contributed by atoms with E-state index in [4.69, 9.17) is 0 Å². The van der Waals surface area contributed by atoms with Gasteiger partial charge < -0.3 is 4.98 Å². The predicted molar refractivity (Wildman–Crippen MR) is 105 cm³/mol. The van der Waals surface area contributed by atoms with Crippen LogP contribution in [0.1, 0.15) is 16.7 Å². The lowest BCUT2D eigenvalue weighted by Gasteiger charge is -2.08. The molecule has 136 valence electrons. The van der Waals surface area contributed by atoms with Crippen LogP contribution in [0.2, 0.25) is 0 Å². The van der Waals surface area contributed by atoms with E-state index in [1.165, 1.54) is 0 Å². The third kappa shape index (κ3) is 4.80. The summed E-state index contributed by atoms with van der Waals surface area (Å²) in [6, 6.07) is 17.2. The van der Waals surface area contributed by atoms with E-state index >= 15 is 0 Å². The van der Waals surface area contributed by atoms with E-state index in [9.17, 15) is 13.2 Å². The molecule has 0 saturated heterocycles. The monoisotopic (exact) mass is 370 g/mol. The molecule has 1 heterocycles. The minimum absolute atomic E-state index is 0.0785. The third-order valence-electron chi connectivity index (χ3n) is 4.33. The summed E-state index contributed by atoms with van der Waals surface area (Å²) in [6.07, 6.45) is 1.09. The zero-order valence-corrected chi connectivity index (χ0v) is 15.5. The topological polar surface area (TPSA) is 79.0 Å². The highest BCUT2D eigenvalue weighted by Gasteiger charge is 2.10. The Balaban J connectivity index is 1.57. The van der Waals surface area contributed by atoms with Gasteiger partial charge in [0.2, 0.25) is 10.0 Å². The van der Waals surface area contributed by atoms with E-state index < -0.39 is 10.0 Å². The summed E-state index contributed by atoms with van der Waals surface area (Å²) in [5.74, 6) is 0.0785. The summed E-state index contributed by atoms with van der Waals surface area (Å²) in [5, 5.41) is 0.950. The van der Waals surface area contributed by atoms with Crippen molar-refractivity contribution < 1.29 is 8.42 Å². The highest BCUT2D eigenvalue weighted by molar-refractivity contribution is 7.89. The van der Waals surface area contributed by atoms with Crippen molar-refractivity contribution in [3.8, 4) is 0 Å². The molecule has 0 amide bonds. The van der Waals surface area contributed by atoms with E-state index in [0.717, 1.165) is 22.0 Å². The lowest BCUT2D eigenvalue weighted by molar-refractivity contribution is 0.581. The van der Waals surface area contributed by atoms with E-state index in [1.54, 1.807) is 6.92 Å². The SMILES string of the molecule is Cc1cc2cc(CCNS(=O)(=O)CCc3ccccc3)ccc2[nH]c1=O. The molecular weight excluding hydrogens is 348 g/mol. The number of aromatic nitrogens is 1. The average molecular weight is 370 g/mol. The fraction of sp³-hybridized carbons (Fsp3) is 0.250. The molecule has 0 aliphatic heterocycles. The molecule has 0 saturated carbocycles. The van der Waals surface area contributed by atoms with Crippen LogP contribution in [0.5, 0.6) is 0 Å². The third-order valence-corrected chi connectivity index (χ3v) is 5.72. The maximum Gasteiger partial charge on any atom is 0.251 e. The maximum atomic E-state index is 12.1. The van der Waals surface area contributed by atoms with Gasteiger partial charge in [-0.2, -0.15) is 0 Å². The second-order valence-corrected chi connectivity index (χ2v) is 8.33. The minimum atomic E-state index is -3.30. The van der Waals surface area contributed by atoms with Gasteiger partial charge >= 0.3 is 0 Å². The van der Waals surface area contributed by atoms with Crippen molar-refractivity contribution in [3.05, 3.63) is 81.6 Å². The second kappa shape index (κ2) is 7.85. The Morgan fingerprint density at radius 3 is 2.50 bits per heavy atom. The van der Waals surface area contributed by atoms with Gasteiger partial charge in [-0.15, -0.1) is 0 Å². The number of rotatable bonds is 7. The van der Waals surface area contributed by atoms with Gasteiger partial charge in [-0.3, -0.25) is 4.79 Å². The van der Waals surface area contributed by atoms with E-state index in [2.05, 4.69) is 9.71 Å². The first-order valence-corrected chi connectivity index (χ1v) is 10.2. The Labute approximate surface area is 153 Å². The predicted octanol–water partition coefficient (Wildman–Crippen LogP) is 2.54. The number of hydrogen-bond donors (Lipinski definition) is 2. The molecule has 0 spiro atoms. The van der Waals surface area contributed by atoms with Crippen LogP contribution in [0.4, 0.5) is 0 Å².